The van der Waals surface area contributed by atoms with Crippen LogP contribution >= 0.6 is 0 Å². The summed E-state index contributed by atoms with van der Waals surface area (Å²) in [6, 6.07) is 6.60. The minimum Gasteiger partial charge on any atom is -0.478 e. The van der Waals surface area contributed by atoms with E-state index in [-0.39, 0.29) is 11.5 Å². The molecule has 0 saturated heterocycles. The topological polar surface area (TPSA) is 75.6 Å². The fourth-order valence-corrected chi connectivity index (χ4v) is 1.44. The van der Waals surface area contributed by atoms with E-state index in [1.807, 2.05) is 0 Å². The van der Waals surface area contributed by atoms with Crippen LogP contribution in [0.25, 0.3) is 0 Å². The Kier molecular flexibility index (Phi) is 5.06. The number of carbonyl (C=O) groups is 2. The molecule has 0 aliphatic rings. The van der Waals surface area contributed by atoms with Crippen molar-refractivity contribution in [1.82, 2.24) is 5.32 Å². The maximum atomic E-state index is 11.7. The molecule has 0 aromatic heterocycles. The van der Waals surface area contributed by atoms with E-state index in [0.717, 1.165) is 5.56 Å². The molecular weight excluding hydrogens is 246 g/mol. The quantitative estimate of drug-likeness (QED) is 0.816. The van der Waals surface area contributed by atoms with E-state index in [1.165, 1.54) is 7.11 Å². The summed E-state index contributed by atoms with van der Waals surface area (Å²) in [5.74, 6) is -1.11. The first-order valence-electron chi connectivity index (χ1n) is 6.02. The lowest BCUT2D eigenvalue weighted by atomic mass is 10.1. The lowest BCUT2D eigenvalue weighted by Crippen LogP contribution is -2.44. The van der Waals surface area contributed by atoms with Crippen molar-refractivity contribution >= 4 is 11.9 Å². The number of benzene rings is 1. The Hall–Kier alpha value is -1.88. The molecule has 1 rings (SSSR count). The minimum atomic E-state index is -0.943. The molecule has 0 heterocycles. The van der Waals surface area contributed by atoms with E-state index in [0.29, 0.717) is 13.0 Å². The number of rotatable bonds is 6. The summed E-state index contributed by atoms with van der Waals surface area (Å²) in [5.41, 5.74) is 0.390. The van der Waals surface area contributed by atoms with Crippen molar-refractivity contribution in [2.75, 3.05) is 13.7 Å². The third-order valence-corrected chi connectivity index (χ3v) is 2.96. The van der Waals surface area contributed by atoms with E-state index in [9.17, 15) is 9.59 Å². The first kappa shape index (κ1) is 15.2. The van der Waals surface area contributed by atoms with Gasteiger partial charge >= 0.3 is 5.97 Å². The van der Waals surface area contributed by atoms with Gasteiger partial charge in [0.25, 0.3) is 5.91 Å². The molecule has 0 fully saturated rings. The van der Waals surface area contributed by atoms with Gasteiger partial charge in [-0.2, -0.15) is 0 Å². The predicted octanol–water partition coefficient (Wildman–Crippen LogP) is 1.47. The number of aromatic carboxylic acids is 1. The SMILES string of the molecule is COC(C)(C)C(=O)NCCc1ccc(C(=O)O)cc1. The highest BCUT2D eigenvalue weighted by Crippen LogP contribution is 2.08. The molecule has 1 aromatic carbocycles. The molecule has 2 N–H and O–H groups in total. The smallest absolute Gasteiger partial charge is 0.335 e. The molecule has 19 heavy (non-hydrogen) atoms. The third-order valence-electron chi connectivity index (χ3n) is 2.96. The molecule has 1 aromatic rings. The van der Waals surface area contributed by atoms with Gasteiger partial charge < -0.3 is 15.2 Å². The van der Waals surface area contributed by atoms with Gasteiger partial charge in [0.1, 0.15) is 5.60 Å². The highest BCUT2D eigenvalue weighted by Gasteiger charge is 2.26. The van der Waals surface area contributed by atoms with Gasteiger partial charge in [0.2, 0.25) is 0 Å². The van der Waals surface area contributed by atoms with E-state index in [2.05, 4.69) is 5.32 Å². The molecule has 5 nitrogen and oxygen atoms in total. The van der Waals surface area contributed by atoms with Gasteiger partial charge in [-0.05, 0) is 38.0 Å². The van der Waals surface area contributed by atoms with Crippen LogP contribution in [0.4, 0.5) is 0 Å². The van der Waals surface area contributed by atoms with Gasteiger partial charge in [-0.25, -0.2) is 4.79 Å². The van der Waals surface area contributed by atoms with Crippen LogP contribution < -0.4 is 5.32 Å². The summed E-state index contributed by atoms with van der Waals surface area (Å²) in [4.78, 5) is 22.4. The highest BCUT2D eigenvalue weighted by atomic mass is 16.5. The number of carbonyl (C=O) groups excluding carboxylic acids is 1. The summed E-state index contributed by atoms with van der Waals surface area (Å²) < 4.78 is 5.07. The summed E-state index contributed by atoms with van der Waals surface area (Å²) in [6.45, 7) is 3.88. The van der Waals surface area contributed by atoms with Crippen LogP contribution in [0.1, 0.15) is 29.8 Å². The molecule has 0 radical (unpaired) electrons. The molecule has 0 unspecified atom stereocenters. The Morgan fingerprint density at radius 1 is 1.26 bits per heavy atom. The van der Waals surface area contributed by atoms with Crippen molar-refractivity contribution in [3.05, 3.63) is 35.4 Å². The first-order valence-corrected chi connectivity index (χ1v) is 6.02. The number of nitrogens with one attached hydrogen (secondary N) is 1. The molecule has 0 atom stereocenters. The van der Waals surface area contributed by atoms with Crippen molar-refractivity contribution in [1.29, 1.82) is 0 Å². The van der Waals surface area contributed by atoms with Crippen LogP contribution in [-0.2, 0) is 16.0 Å². The van der Waals surface area contributed by atoms with Gasteiger partial charge in [0.05, 0.1) is 5.56 Å². The molecule has 1 amide bonds. The van der Waals surface area contributed by atoms with Crippen molar-refractivity contribution in [2.45, 2.75) is 25.9 Å². The van der Waals surface area contributed by atoms with E-state index >= 15 is 0 Å². The van der Waals surface area contributed by atoms with Crippen LogP contribution in [-0.4, -0.2) is 36.2 Å². The van der Waals surface area contributed by atoms with Crippen molar-refractivity contribution in [3.63, 3.8) is 0 Å². The largest absolute Gasteiger partial charge is 0.478 e. The number of amides is 1. The molecule has 0 saturated carbocycles. The normalized spacial score (nSPS) is 11.1. The predicted molar refractivity (Wildman–Crippen MR) is 71.2 cm³/mol. The van der Waals surface area contributed by atoms with Crippen molar-refractivity contribution in [3.8, 4) is 0 Å². The molecule has 0 aliphatic heterocycles. The third kappa shape index (κ3) is 4.37. The van der Waals surface area contributed by atoms with E-state index in [1.54, 1.807) is 38.1 Å². The van der Waals surface area contributed by atoms with Crippen molar-refractivity contribution < 1.29 is 19.4 Å². The number of ether oxygens (including phenoxy) is 1. The minimum absolute atomic E-state index is 0.169. The second-order valence-corrected chi connectivity index (χ2v) is 4.72. The van der Waals surface area contributed by atoms with E-state index in [4.69, 9.17) is 9.84 Å². The van der Waals surface area contributed by atoms with Gasteiger partial charge in [-0.3, -0.25) is 4.79 Å². The van der Waals surface area contributed by atoms with Gasteiger partial charge in [0.15, 0.2) is 0 Å². The van der Waals surface area contributed by atoms with Crippen molar-refractivity contribution in [2.24, 2.45) is 0 Å². The monoisotopic (exact) mass is 265 g/mol. The second-order valence-electron chi connectivity index (χ2n) is 4.72. The molecule has 0 bridgehead atoms. The number of hydrogen-bond donors (Lipinski definition) is 2. The lowest BCUT2D eigenvalue weighted by Gasteiger charge is -2.21. The van der Waals surface area contributed by atoms with Gasteiger partial charge in [0, 0.05) is 13.7 Å². The first-order chi connectivity index (χ1) is 8.86. The molecular formula is C14H19NO4. The lowest BCUT2D eigenvalue weighted by molar-refractivity contribution is -0.139. The van der Waals surface area contributed by atoms with Gasteiger partial charge in [-0.1, -0.05) is 12.1 Å². The van der Waals surface area contributed by atoms with Crippen LogP contribution in [0.2, 0.25) is 0 Å². The van der Waals surface area contributed by atoms with E-state index < -0.39 is 11.6 Å². The maximum absolute atomic E-state index is 11.7. The average molecular weight is 265 g/mol. The number of carboxylic acid groups (broad SMARTS) is 1. The maximum Gasteiger partial charge on any atom is 0.335 e. The molecule has 0 aliphatic carbocycles. The van der Waals surface area contributed by atoms with Crippen LogP contribution in [0, 0.1) is 0 Å². The zero-order valence-corrected chi connectivity index (χ0v) is 11.4. The van der Waals surface area contributed by atoms with Crippen LogP contribution in [0.5, 0.6) is 0 Å². The summed E-state index contributed by atoms with van der Waals surface area (Å²) in [7, 11) is 1.49. The van der Waals surface area contributed by atoms with Crippen LogP contribution in [0.15, 0.2) is 24.3 Å². The Bertz CT molecular complexity index is 451. The fraction of sp³-hybridized carbons (Fsp3) is 0.429. The Balaban J connectivity index is 2.45. The number of hydrogen-bond acceptors (Lipinski definition) is 3. The number of carboxylic acids is 1. The Morgan fingerprint density at radius 2 is 1.84 bits per heavy atom. The molecule has 5 heteroatoms. The summed E-state index contributed by atoms with van der Waals surface area (Å²) in [5, 5.41) is 11.5. The Morgan fingerprint density at radius 3 is 2.32 bits per heavy atom. The molecule has 0 spiro atoms. The zero-order valence-electron chi connectivity index (χ0n) is 11.4. The average Bonchev–Trinajstić information content (AvgIpc) is 2.39. The second kappa shape index (κ2) is 6.33. The molecule has 104 valence electrons. The zero-order chi connectivity index (χ0) is 14.5. The fourth-order valence-electron chi connectivity index (χ4n) is 1.44. The Labute approximate surface area is 112 Å². The highest BCUT2D eigenvalue weighted by molar-refractivity contribution is 5.87. The summed E-state index contributed by atoms with van der Waals surface area (Å²) >= 11 is 0. The van der Waals surface area contributed by atoms with Gasteiger partial charge in [-0.15, -0.1) is 0 Å². The van der Waals surface area contributed by atoms with Crippen LogP contribution in [0.3, 0.4) is 0 Å². The standard InChI is InChI=1S/C14H19NO4/c1-14(2,19-3)13(18)15-9-8-10-4-6-11(7-5-10)12(16)17/h4-7H,8-9H2,1-3H3,(H,15,18)(H,16,17). The summed E-state index contributed by atoms with van der Waals surface area (Å²) in [6.07, 6.45) is 0.644. The number of methoxy groups -OCH3 is 1.